The van der Waals surface area contributed by atoms with Crippen molar-refractivity contribution in [2.75, 3.05) is 0 Å². The summed E-state index contributed by atoms with van der Waals surface area (Å²) < 4.78 is 84.5. The van der Waals surface area contributed by atoms with Crippen LogP contribution in [0.1, 0.15) is 25.7 Å². The maximum atomic E-state index is 12.7. The molecule has 0 aromatic rings. The van der Waals surface area contributed by atoms with Gasteiger partial charge in [-0.25, -0.2) is 17.0 Å². The van der Waals surface area contributed by atoms with E-state index < -0.39 is 38.0 Å². The molecular formula is C7H10F4NO4S2-. The number of hydrogen-bond donors (Lipinski definition) is 0. The van der Waals surface area contributed by atoms with E-state index in [1.165, 1.54) is 0 Å². The molecule has 0 radical (unpaired) electrons. The van der Waals surface area contributed by atoms with Gasteiger partial charge in [-0.3, -0.25) is 0 Å². The van der Waals surface area contributed by atoms with Crippen LogP contribution in [0.4, 0.5) is 17.6 Å². The van der Waals surface area contributed by atoms with E-state index in [0.717, 1.165) is 0 Å². The fraction of sp³-hybridized carbons (Fsp3) is 1.00. The summed E-state index contributed by atoms with van der Waals surface area (Å²) in [5.41, 5.74) is -5.59. The van der Waals surface area contributed by atoms with Crippen LogP contribution in [-0.4, -0.2) is 29.6 Å². The zero-order valence-electron chi connectivity index (χ0n) is 8.89. The molecule has 18 heavy (non-hydrogen) atoms. The molecule has 11 heteroatoms. The van der Waals surface area contributed by atoms with E-state index in [9.17, 15) is 30.2 Å². The van der Waals surface area contributed by atoms with Gasteiger partial charge in [0, 0.05) is 0 Å². The average molecular weight is 312 g/mol. The van der Waals surface area contributed by atoms with Gasteiger partial charge in [-0.15, -0.1) is 0 Å². The lowest BCUT2D eigenvalue weighted by Gasteiger charge is -2.27. The van der Waals surface area contributed by atoms with Crippen LogP contribution in [0.15, 0.2) is 0 Å². The first kappa shape index (κ1) is 15.8. The first-order valence-electron chi connectivity index (χ1n) is 4.89. The third kappa shape index (κ3) is 4.14. The fourth-order valence-electron chi connectivity index (χ4n) is 1.39. The molecule has 0 aromatic carbocycles. The summed E-state index contributed by atoms with van der Waals surface area (Å²) in [4.78, 5) is 1.97. The van der Waals surface area contributed by atoms with Crippen molar-refractivity contribution in [3.8, 4) is 0 Å². The highest BCUT2D eigenvalue weighted by atomic mass is 32.2. The van der Waals surface area contributed by atoms with Crippen LogP contribution >= 0.6 is 0 Å². The molecule has 1 rings (SSSR count). The van der Waals surface area contributed by atoms with Gasteiger partial charge in [-0.1, -0.05) is 0 Å². The molecule has 1 saturated carbocycles. The second-order valence-corrected chi connectivity index (χ2v) is 6.60. The second-order valence-electron chi connectivity index (χ2n) is 3.70. The number of alkyl halides is 4. The van der Waals surface area contributed by atoms with Crippen molar-refractivity contribution in [3.63, 3.8) is 0 Å². The Labute approximate surface area is 104 Å². The topological polar surface area (TPSA) is 74.5 Å². The average Bonchev–Trinajstić information content (AvgIpc) is 2.25. The van der Waals surface area contributed by atoms with Gasteiger partial charge < -0.3 is 9.17 Å². The normalized spacial score (nSPS) is 28.0. The standard InChI is InChI=1S/C7H10F4NO4S2/c8-5-1-3-6(4-2-5)17(13)16-12-18(14,15)7(9,10)11/h5-6H,1-4H2/q-1. The first-order valence-corrected chi connectivity index (χ1v) is 7.47. The summed E-state index contributed by atoms with van der Waals surface area (Å²) >= 11 is -2.32. The van der Waals surface area contributed by atoms with Crippen LogP contribution in [0.2, 0.25) is 0 Å². The van der Waals surface area contributed by atoms with E-state index in [1.54, 1.807) is 0 Å². The first-order chi connectivity index (χ1) is 8.13. The van der Waals surface area contributed by atoms with Crippen LogP contribution in [0.3, 0.4) is 0 Å². The molecule has 108 valence electrons. The fourth-order valence-corrected chi connectivity index (χ4v) is 2.81. The molecule has 0 saturated heterocycles. The van der Waals surface area contributed by atoms with Crippen molar-refractivity contribution in [3.05, 3.63) is 4.89 Å². The third-order valence-electron chi connectivity index (χ3n) is 2.37. The van der Waals surface area contributed by atoms with Gasteiger partial charge in [-0.2, -0.15) is 13.2 Å². The minimum atomic E-state index is -5.81. The largest absolute Gasteiger partial charge is 0.481 e. The van der Waals surface area contributed by atoms with Gasteiger partial charge in [0.1, 0.15) is 17.3 Å². The highest BCUT2D eigenvalue weighted by molar-refractivity contribution is 7.95. The summed E-state index contributed by atoms with van der Waals surface area (Å²) in [6, 6.07) is 0. The Bertz CT molecular complexity index is 402. The molecule has 0 spiro atoms. The second kappa shape index (κ2) is 5.80. The third-order valence-corrected chi connectivity index (χ3v) is 4.56. The number of halogens is 4. The minimum Gasteiger partial charge on any atom is -0.398 e. The lowest BCUT2D eigenvalue weighted by Crippen LogP contribution is -2.27. The Balaban J connectivity index is 2.47. The van der Waals surface area contributed by atoms with E-state index in [2.05, 4.69) is 4.28 Å². The van der Waals surface area contributed by atoms with Crippen molar-refractivity contribution in [2.24, 2.45) is 0 Å². The summed E-state index contributed by atoms with van der Waals surface area (Å²) in [6.45, 7) is 0. The van der Waals surface area contributed by atoms with E-state index in [-0.39, 0.29) is 25.7 Å². The molecule has 0 aromatic heterocycles. The molecule has 0 heterocycles. The van der Waals surface area contributed by atoms with Crippen molar-refractivity contribution in [1.29, 1.82) is 0 Å². The molecule has 1 aliphatic carbocycles. The maximum Gasteiger partial charge on any atom is 0.481 e. The number of hydrogen-bond acceptors (Lipinski definition) is 4. The van der Waals surface area contributed by atoms with E-state index in [4.69, 9.17) is 0 Å². The van der Waals surface area contributed by atoms with E-state index >= 15 is 0 Å². The zero-order valence-corrected chi connectivity index (χ0v) is 10.5. The molecule has 1 unspecified atom stereocenters. The minimum absolute atomic E-state index is 0.117. The van der Waals surface area contributed by atoms with Crippen LogP contribution in [0.5, 0.6) is 0 Å². The van der Waals surface area contributed by atoms with E-state index in [0.29, 0.717) is 0 Å². The highest BCUT2D eigenvalue weighted by Crippen LogP contribution is 2.30. The van der Waals surface area contributed by atoms with Gasteiger partial charge in [-0.05, 0) is 25.7 Å². The Kier molecular flexibility index (Phi) is 5.09. The Hall–Kier alpha value is -0.260. The molecule has 1 aliphatic rings. The number of rotatable bonds is 4. The van der Waals surface area contributed by atoms with Gasteiger partial charge in [0.05, 0.1) is 5.25 Å². The quantitative estimate of drug-likeness (QED) is 0.588. The van der Waals surface area contributed by atoms with Crippen LogP contribution in [0.25, 0.3) is 4.89 Å². The smallest absolute Gasteiger partial charge is 0.398 e. The molecule has 0 aliphatic heterocycles. The Morgan fingerprint density at radius 2 is 1.67 bits per heavy atom. The van der Waals surface area contributed by atoms with Gasteiger partial charge >= 0.3 is 5.51 Å². The molecule has 5 nitrogen and oxygen atoms in total. The molecule has 0 bridgehead atoms. The molecule has 1 fully saturated rings. The number of sulfonamides is 1. The van der Waals surface area contributed by atoms with E-state index in [1.807, 2.05) is 4.89 Å². The summed E-state index contributed by atoms with van der Waals surface area (Å²) in [6.07, 6.45) is -0.503. The molecular weight excluding hydrogens is 302 g/mol. The van der Waals surface area contributed by atoms with Gasteiger partial charge in [0.2, 0.25) is 0 Å². The predicted molar refractivity (Wildman–Crippen MR) is 54.7 cm³/mol. The maximum absolute atomic E-state index is 12.7. The van der Waals surface area contributed by atoms with Gasteiger partial charge in [0.25, 0.3) is 0 Å². The monoisotopic (exact) mass is 312 g/mol. The molecule has 0 N–H and O–H groups in total. The van der Waals surface area contributed by atoms with Crippen molar-refractivity contribution < 1.29 is 34.5 Å². The van der Waals surface area contributed by atoms with Crippen molar-refractivity contribution in [2.45, 2.75) is 42.6 Å². The summed E-state index contributed by atoms with van der Waals surface area (Å²) in [7, 11) is -5.81. The zero-order chi connectivity index (χ0) is 14.0. The lowest BCUT2D eigenvalue weighted by atomic mass is 9.99. The van der Waals surface area contributed by atoms with Crippen LogP contribution < -0.4 is 0 Å². The predicted octanol–water partition coefficient (Wildman–Crippen LogP) is 2.09. The van der Waals surface area contributed by atoms with Crippen molar-refractivity contribution in [1.82, 2.24) is 0 Å². The van der Waals surface area contributed by atoms with Crippen LogP contribution in [-0.2, 0) is 25.4 Å². The van der Waals surface area contributed by atoms with Crippen molar-refractivity contribution >= 4 is 21.1 Å². The SMILES string of the molecule is O=S(O[N-]S(=O)(=O)C(F)(F)F)C1CCC(F)CC1. The Morgan fingerprint density at radius 1 is 1.17 bits per heavy atom. The lowest BCUT2D eigenvalue weighted by molar-refractivity contribution is -0.0434. The summed E-state index contributed by atoms with van der Waals surface area (Å²) in [5.74, 6) is 0. The highest BCUT2D eigenvalue weighted by Gasteiger charge is 2.39. The molecule has 1 atom stereocenters. The van der Waals surface area contributed by atoms with Gasteiger partial charge in [0.15, 0.2) is 10.0 Å². The Morgan fingerprint density at radius 3 is 2.11 bits per heavy atom. The molecule has 0 amide bonds. The summed E-state index contributed by atoms with van der Waals surface area (Å²) in [5, 5.41) is -0.704. The van der Waals surface area contributed by atoms with Crippen LogP contribution in [0, 0.1) is 0 Å². The number of nitrogens with zero attached hydrogens (tertiary/aromatic N) is 1.